The fraction of sp³-hybridized carbons (Fsp3) is 1.00. The van der Waals surface area contributed by atoms with E-state index in [1.807, 2.05) is 0 Å². The van der Waals surface area contributed by atoms with Crippen LogP contribution in [0.1, 0.15) is 19.8 Å². The fourth-order valence-electron chi connectivity index (χ4n) is 4.91. The van der Waals surface area contributed by atoms with Crippen LogP contribution < -0.4 is 0 Å². The molecule has 20 heavy (non-hydrogen) atoms. The first kappa shape index (κ1) is 19.3. The van der Waals surface area contributed by atoms with E-state index in [2.05, 4.69) is 72.4 Å². The van der Waals surface area contributed by atoms with E-state index in [9.17, 15) is 0 Å². The van der Waals surface area contributed by atoms with Gasteiger partial charge in [-0.15, -0.1) is 0 Å². The van der Waals surface area contributed by atoms with Crippen molar-refractivity contribution in [3.05, 3.63) is 0 Å². The minimum atomic E-state index is -0.982. The normalized spacial score (nSPS) is 35.0. The summed E-state index contributed by atoms with van der Waals surface area (Å²) in [4.78, 5) is 0. The lowest BCUT2D eigenvalue weighted by atomic mass is 10.4. The molecule has 1 heterocycles. The summed E-state index contributed by atoms with van der Waals surface area (Å²) in [5.74, 6) is 0. The largest absolute Gasteiger partial charge is 0.0754 e. The molecule has 0 nitrogen and oxygen atoms in total. The molecule has 119 valence electrons. The van der Waals surface area contributed by atoms with Gasteiger partial charge in [0, 0.05) is 43.4 Å². The Balaban J connectivity index is 3.49. The molecule has 0 aromatic rings. The minimum Gasteiger partial charge on any atom is -0.0754 e. The van der Waals surface area contributed by atoms with Crippen LogP contribution >= 0.6 is 0 Å². The Hall–Kier alpha value is 1.30. The van der Waals surface area contributed by atoms with Crippen molar-refractivity contribution in [1.82, 2.24) is 0 Å². The van der Waals surface area contributed by atoms with Gasteiger partial charge < -0.3 is 0 Å². The van der Waals surface area contributed by atoms with Crippen molar-refractivity contribution in [2.24, 2.45) is 0 Å². The molecule has 0 saturated carbocycles. The predicted molar refractivity (Wildman–Crippen MR) is 113 cm³/mol. The van der Waals surface area contributed by atoms with Crippen molar-refractivity contribution in [3.63, 3.8) is 0 Å². The van der Waals surface area contributed by atoms with Crippen LogP contribution in [0, 0.1) is 0 Å². The highest BCUT2D eigenvalue weighted by atomic mass is 30.2. The van der Waals surface area contributed by atoms with E-state index >= 15 is 0 Å². The Morgan fingerprint density at radius 3 is 1.55 bits per heavy atom. The van der Waals surface area contributed by atoms with Gasteiger partial charge in [0.15, 0.2) is 0 Å². The highest BCUT2D eigenvalue weighted by molar-refractivity contribution is 8.10. The maximum absolute atomic E-state index is 2.91. The average molecular weight is 376 g/mol. The summed E-state index contributed by atoms with van der Waals surface area (Å²) in [7, 11) is -4.82. The zero-order chi connectivity index (χ0) is 16.2. The Morgan fingerprint density at radius 1 is 0.700 bits per heavy atom. The average Bonchev–Trinajstić information content (AvgIpc) is 2.32. The maximum Gasteiger partial charge on any atom is 0.0310 e. The third kappa shape index (κ3) is 2.19. The summed E-state index contributed by atoms with van der Waals surface area (Å²) in [5, 5.41) is 0. The number of unbranched alkanes of at least 4 members (excludes halogenated alkanes) is 1. The summed E-state index contributed by atoms with van der Waals surface area (Å²) in [6.07, 6.45) is 2.96. The van der Waals surface area contributed by atoms with E-state index in [4.69, 9.17) is 0 Å². The molecule has 1 rings (SSSR count). The van der Waals surface area contributed by atoms with E-state index < -0.39 is 35.5 Å². The van der Waals surface area contributed by atoms with Crippen LogP contribution in [0.25, 0.3) is 0 Å². The summed E-state index contributed by atoms with van der Waals surface area (Å²) in [6, 6.07) is 1.70. The second-order valence-electron chi connectivity index (χ2n) is 9.56. The highest BCUT2D eigenvalue weighted by Gasteiger charge is 2.72. The lowest BCUT2D eigenvalue weighted by Crippen LogP contribution is -2.97. The van der Waals surface area contributed by atoms with Crippen molar-refractivity contribution in [2.75, 3.05) is 0 Å². The molecule has 6 heteroatoms. The first-order chi connectivity index (χ1) is 8.72. The zero-order valence-corrected chi connectivity index (χ0v) is 22.1. The molecule has 0 bridgehead atoms. The molecular formula is C14H39Si6. The van der Waals surface area contributed by atoms with Gasteiger partial charge >= 0.3 is 0 Å². The Labute approximate surface area is 134 Å². The summed E-state index contributed by atoms with van der Waals surface area (Å²) in [5.41, 5.74) is 0. The summed E-state index contributed by atoms with van der Waals surface area (Å²) < 4.78 is 0. The molecule has 1 aliphatic heterocycles. The van der Waals surface area contributed by atoms with Crippen LogP contribution in [0.3, 0.4) is 0 Å². The van der Waals surface area contributed by atoms with E-state index in [1.54, 1.807) is 6.04 Å². The predicted octanol–water partition coefficient (Wildman–Crippen LogP) is 5.31. The van der Waals surface area contributed by atoms with Crippen LogP contribution in [0.5, 0.6) is 0 Å². The van der Waals surface area contributed by atoms with Crippen LogP contribution in [0.4, 0.5) is 0 Å². The molecule has 0 aromatic heterocycles. The van der Waals surface area contributed by atoms with E-state index in [1.165, 1.54) is 12.8 Å². The van der Waals surface area contributed by atoms with Crippen LogP contribution in [-0.2, 0) is 0 Å². The van der Waals surface area contributed by atoms with Crippen molar-refractivity contribution in [1.29, 1.82) is 0 Å². The Bertz CT molecular complexity index is 374. The van der Waals surface area contributed by atoms with Gasteiger partial charge in [-0.05, 0) is 0 Å². The van der Waals surface area contributed by atoms with Crippen molar-refractivity contribution in [2.45, 2.75) is 91.3 Å². The van der Waals surface area contributed by atoms with E-state index in [0.29, 0.717) is 0 Å². The molecule has 1 saturated heterocycles. The second-order valence-corrected chi connectivity index (χ2v) is 77.1. The van der Waals surface area contributed by atoms with Crippen LogP contribution in [-0.4, -0.2) is 43.4 Å². The third-order valence-electron chi connectivity index (χ3n) is 8.86. The van der Waals surface area contributed by atoms with Gasteiger partial charge in [0.2, 0.25) is 0 Å². The van der Waals surface area contributed by atoms with Gasteiger partial charge in [-0.25, -0.2) is 0 Å². The van der Waals surface area contributed by atoms with Gasteiger partial charge in [-0.1, -0.05) is 91.3 Å². The molecule has 1 radical (unpaired) electrons. The van der Waals surface area contributed by atoms with Crippen molar-refractivity contribution < 1.29 is 0 Å². The Morgan fingerprint density at radius 2 is 1.15 bits per heavy atom. The zero-order valence-electron chi connectivity index (χ0n) is 16.1. The summed E-state index contributed by atoms with van der Waals surface area (Å²) in [6.45, 7) is 31.1. The highest BCUT2D eigenvalue weighted by Crippen LogP contribution is 2.48. The van der Waals surface area contributed by atoms with Gasteiger partial charge in [-0.2, -0.15) is 0 Å². The first-order valence-electron chi connectivity index (χ1n) is 8.56. The molecule has 1 atom stereocenters. The number of hydrogen-bond donors (Lipinski definition) is 0. The topological polar surface area (TPSA) is 0 Å². The minimum absolute atomic E-state index is 0.0259. The lowest BCUT2D eigenvalue weighted by Gasteiger charge is -2.69. The molecule has 0 N–H and O–H groups in total. The quantitative estimate of drug-likeness (QED) is 0.586. The van der Waals surface area contributed by atoms with Crippen LogP contribution in [0.2, 0.25) is 71.5 Å². The Kier molecular flexibility index (Phi) is 5.26. The summed E-state index contributed by atoms with van der Waals surface area (Å²) >= 11 is 0. The van der Waals surface area contributed by atoms with Gasteiger partial charge in [-0.3, -0.25) is 0 Å². The van der Waals surface area contributed by atoms with Gasteiger partial charge in [0.05, 0.1) is 0 Å². The van der Waals surface area contributed by atoms with E-state index in [-0.39, 0.29) is 7.83 Å². The fourth-order valence-corrected chi connectivity index (χ4v) is 227. The van der Waals surface area contributed by atoms with E-state index in [0.717, 1.165) is 0 Å². The maximum atomic E-state index is 2.91. The van der Waals surface area contributed by atoms with Gasteiger partial charge in [0.1, 0.15) is 0 Å². The molecule has 1 unspecified atom stereocenters. The van der Waals surface area contributed by atoms with Crippen LogP contribution in [0.15, 0.2) is 0 Å². The first-order valence-corrected chi connectivity index (χ1v) is 31.3. The number of rotatable bonds is 3. The monoisotopic (exact) mass is 375 g/mol. The SMILES string of the molecule is CCCC[Si]1(C)[Si](C)[Si](C)(C)[Si](C)(C)[Si](C)(C)[Si]1(C)C. The van der Waals surface area contributed by atoms with Crippen molar-refractivity contribution >= 4 is 43.4 Å². The third-order valence-corrected chi connectivity index (χ3v) is 150. The molecule has 0 aromatic carbocycles. The smallest absolute Gasteiger partial charge is 0.0310 e. The lowest BCUT2D eigenvalue weighted by molar-refractivity contribution is 0.875. The van der Waals surface area contributed by atoms with Gasteiger partial charge in [0.25, 0.3) is 0 Å². The second kappa shape index (κ2) is 5.44. The standard InChI is InChI=1S/C14H39Si6/c1-12-13-14-20(11)15(2)16(3,4)17(5,6)18(7,8)19(20,9)10/h12-14H2,1-11H3. The molecule has 0 amide bonds. The molecule has 1 fully saturated rings. The number of hydrogen-bond acceptors (Lipinski definition) is 0. The molecule has 0 spiro atoms. The molecule has 0 aliphatic carbocycles. The van der Waals surface area contributed by atoms with Crippen molar-refractivity contribution in [3.8, 4) is 0 Å². The molecule has 1 aliphatic rings. The molecular weight excluding hydrogens is 337 g/mol.